The number of carbonyl (C=O) groups is 1. The van der Waals surface area contributed by atoms with Crippen LogP contribution in [-0.2, 0) is 4.79 Å². The molecule has 0 atom stereocenters. The molecule has 1 amide bonds. The Balaban J connectivity index is 3.12. The topological polar surface area (TPSA) is 29.1 Å². The highest BCUT2D eigenvalue weighted by Gasteiger charge is 1.99. The van der Waals surface area contributed by atoms with Gasteiger partial charge in [-0.25, -0.2) is 0 Å². The average molecular weight is 262 g/mol. The molecule has 0 fully saturated rings. The second-order valence-electron chi connectivity index (χ2n) is 4.62. The van der Waals surface area contributed by atoms with Gasteiger partial charge >= 0.3 is 0 Å². The van der Waals surface area contributed by atoms with E-state index in [0.717, 1.165) is 38.1 Å². The molecule has 17 heavy (non-hydrogen) atoms. The van der Waals surface area contributed by atoms with Crippen molar-refractivity contribution in [1.82, 2.24) is 5.32 Å². The number of rotatable bonds is 12. The Kier molecular flexibility index (Phi) is 13.6. The minimum atomic E-state index is 0.214. The maximum Gasteiger partial charge on any atom is 0.219 e. The fourth-order valence-corrected chi connectivity index (χ4v) is 1.97. The normalized spacial score (nSPS) is 10.5. The molecule has 0 aliphatic carbocycles. The Bertz CT molecular complexity index is 174. The lowest BCUT2D eigenvalue weighted by molar-refractivity contribution is -0.121. The van der Waals surface area contributed by atoms with Crippen LogP contribution in [0.3, 0.4) is 0 Å². The van der Waals surface area contributed by atoms with Crippen molar-refractivity contribution in [3.63, 3.8) is 0 Å². The van der Waals surface area contributed by atoms with Crippen molar-refractivity contribution in [2.75, 3.05) is 12.4 Å². The van der Waals surface area contributed by atoms with Gasteiger partial charge in [0.05, 0.1) is 0 Å². The number of amides is 1. The highest BCUT2D eigenvalue weighted by Crippen LogP contribution is 2.06. The summed E-state index contributed by atoms with van der Waals surface area (Å²) in [6.07, 6.45) is 11.3. The van der Waals surface area contributed by atoms with Crippen LogP contribution in [0.15, 0.2) is 0 Å². The third-order valence-electron chi connectivity index (χ3n) is 2.89. The first-order valence-corrected chi connectivity index (χ1v) is 7.67. The number of hydrogen-bond acceptors (Lipinski definition) is 1. The number of hydrogen-bond donors (Lipinski definition) is 1. The fraction of sp³-hybridized carbons (Fsp3) is 0.929. The van der Waals surface area contributed by atoms with Crippen LogP contribution in [0.2, 0.25) is 0 Å². The van der Waals surface area contributed by atoms with Crippen molar-refractivity contribution >= 4 is 17.5 Å². The van der Waals surface area contributed by atoms with E-state index >= 15 is 0 Å². The molecule has 102 valence electrons. The third kappa shape index (κ3) is 13.7. The van der Waals surface area contributed by atoms with Crippen LogP contribution in [0.4, 0.5) is 0 Å². The summed E-state index contributed by atoms with van der Waals surface area (Å²) in [6, 6.07) is 0. The molecule has 0 aliphatic heterocycles. The van der Waals surface area contributed by atoms with Gasteiger partial charge in [0.2, 0.25) is 5.91 Å². The van der Waals surface area contributed by atoms with E-state index in [-0.39, 0.29) is 5.91 Å². The lowest BCUT2D eigenvalue weighted by atomic mass is 10.1. The summed E-state index contributed by atoms with van der Waals surface area (Å²) < 4.78 is 0. The molecule has 0 radical (unpaired) electrons. The number of unbranched alkanes of at least 4 members (excludes halogenated alkanes) is 7. The number of halogens is 1. The summed E-state index contributed by atoms with van der Waals surface area (Å²) in [7, 11) is 0. The zero-order chi connectivity index (χ0) is 12.8. The van der Waals surface area contributed by atoms with Gasteiger partial charge in [0.25, 0.3) is 0 Å². The standard InChI is InChI=1S/C14H28ClNO/c1-2-3-4-5-6-8-11-14(17)16-13-10-7-9-12-15/h2-13H2,1H3,(H,16,17). The molecule has 2 nitrogen and oxygen atoms in total. The van der Waals surface area contributed by atoms with E-state index in [1.165, 1.54) is 32.1 Å². The number of alkyl halides is 1. The first-order valence-electron chi connectivity index (χ1n) is 7.14. The van der Waals surface area contributed by atoms with Crippen molar-refractivity contribution in [3.05, 3.63) is 0 Å². The van der Waals surface area contributed by atoms with Crippen molar-refractivity contribution in [2.24, 2.45) is 0 Å². The number of carbonyl (C=O) groups excluding carboxylic acids is 1. The van der Waals surface area contributed by atoms with Gasteiger partial charge in [-0.2, -0.15) is 0 Å². The Morgan fingerprint density at radius 1 is 0.941 bits per heavy atom. The summed E-state index contributed by atoms with van der Waals surface area (Å²) in [5.74, 6) is 0.942. The zero-order valence-electron chi connectivity index (χ0n) is 11.3. The maximum atomic E-state index is 11.4. The minimum Gasteiger partial charge on any atom is -0.356 e. The van der Waals surface area contributed by atoms with Gasteiger partial charge in [-0.1, -0.05) is 45.4 Å². The third-order valence-corrected chi connectivity index (χ3v) is 3.16. The Hall–Kier alpha value is -0.240. The maximum absolute atomic E-state index is 11.4. The Labute approximate surface area is 111 Å². The summed E-state index contributed by atoms with van der Waals surface area (Å²) in [6.45, 7) is 3.03. The van der Waals surface area contributed by atoms with Crippen molar-refractivity contribution < 1.29 is 4.79 Å². The SMILES string of the molecule is CCCCCCCCC(=O)NCCCCCCl. The molecular formula is C14H28ClNO. The predicted octanol–water partition coefficient (Wildman–Crippen LogP) is 4.26. The molecule has 0 aromatic rings. The van der Waals surface area contributed by atoms with Crippen molar-refractivity contribution in [1.29, 1.82) is 0 Å². The van der Waals surface area contributed by atoms with Gasteiger partial charge in [0, 0.05) is 18.8 Å². The van der Waals surface area contributed by atoms with Crippen LogP contribution < -0.4 is 5.32 Å². The van der Waals surface area contributed by atoms with Crippen LogP contribution >= 0.6 is 11.6 Å². The van der Waals surface area contributed by atoms with E-state index in [1.807, 2.05) is 0 Å². The van der Waals surface area contributed by atoms with Gasteiger partial charge in [-0.05, 0) is 19.3 Å². The highest BCUT2D eigenvalue weighted by molar-refractivity contribution is 6.17. The van der Waals surface area contributed by atoms with Gasteiger partial charge in [0.1, 0.15) is 0 Å². The Morgan fingerprint density at radius 3 is 2.29 bits per heavy atom. The highest BCUT2D eigenvalue weighted by atomic mass is 35.5. The van der Waals surface area contributed by atoms with Crippen LogP contribution in [0, 0.1) is 0 Å². The van der Waals surface area contributed by atoms with E-state index in [0.29, 0.717) is 6.42 Å². The number of nitrogens with one attached hydrogen (secondary N) is 1. The van der Waals surface area contributed by atoms with Gasteiger partial charge < -0.3 is 5.32 Å². The molecule has 0 spiro atoms. The molecule has 0 saturated heterocycles. The van der Waals surface area contributed by atoms with Crippen LogP contribution in [0.1, 0.15) is 71.1 Å². The summed E-state index contributed by atoms with van der Waals surface area (Å²) >= 11 is 5.58. The molecule has 0 aromatic heterocycles. The predicted molar refractivity (Wildman–Crippen MR) is 75.6 cm³/mol. The molecular weight excluding hydrogens is 234 g/mol. The molecule has 0 unspecified atom stereocenters. The fourth-order valence-electron chi connectivity index (χ4n) is 1.78. The lowest BCUT2D eigenvalue weighted by Crippen LogP contribution is -2.23. The zero-order valence-corrected chi connectivity index (χ0v) is 12.0. The second kappa shape index (κ2) is 13.8. The molecule has 0 heterocycles. The van der Waals surface area contributed by atoms with Crippen molar-refractivity contribution in [3.8, 4) is 0 Å². The lowest BCUT2D eigenvalue weighted by Gasteiger charge is -2.04. The second-order valence-corrected chi connectivity index (χ2v) is 5.00. The van der Waals surface area contributed by atoms with Crippen LogP contribution in [0.25, 0.3) is 0 Å². The minimum absolute atomic E-state index is 0.214. The summed E-state index contributed by atoms with van der Waals surface area (Å²) in [4.78, 5) is 11.4. The van der Waals surface area contributed by atoms with E-state index in [2.05, 4.69) is 12.2 Å². The first-order chi connectivity index (χ1) is 8.31. The monoisotopic (exact) mass is 261 g/mol. The Morgan fingerprint density at radius 2 is 1.59 bits per heavy atom. The van der Waals surface area contributed by atoms with Crippen LogP contribution in [0.5, 0.6) is 0 Å². The van der Waals surface area contributed by atoms with E-state index in [9.17, 15) is 4.79 Å². The molecule has 0 aromatic carbocycles. The molecule has 1 N–H and O–H groups in total. The van der Waals surface area contributed by atoms with E-state index < -0.39 is 0 Å². The molecule has 0 rings (SSSR count). The largest absolute Gasteiger partial charge is 0.356 e. The molecule has 0 aliphatic rings. The summed E-state index contributed by atoms with van der Waals surface area (Å²) in [5, 5.41) is 2.96. The first kappa shape index (κ1) is 16.8. The molecule has 3 heteroatoms. The summed E-state index contributed by atoms with van der Waals surface area (Å²) in [5.41, 5.74) is 0. The smallest absolute Gasteiger partial charge is 0.219 e. The quantitative estimate of drug-likeness (QED) is 0.413. The van der Waals surface area contributed by atoms with E-state index in [4.69, 9.17) is 11.6 Å². The van der Waals surface area contributed by atoms with Gasteiger partial charge in [0.15, 0.2) is 0 Å². The average Bonchev–Trinajstić information content (AvgIpc) is 2.33. The van der Waals surface area contributed by atoms with Crippen LogP contribution in [-0.4, -0.2) is 18.3 Å². The van der Waals surface area contributed by atoms with Crippen molar-refractivity contribution in [2.45, 2.75) is 71.1 Å². The molecule has 0 bridgehead atoms. The molecule has 0 saturated carbocycles. The van der Waals surface area contributed by atoms with Gasteiger partial charge in [-0.15, -0.1) is 11.6 Å². The van der Waals surface area contributed by atoms with Gasteiger partial charge in [-0.3, -0.25) is 4.79 Å². The van der Waals surface area contributed by atoms with E-state index in [1.54, 1.807) is 0 Å².